The van der Waals surface area contributed by atoms with Crippen LogP contribution in [0.5, 0.6) is 0 Å². The van der Waals surface area contributed by atoms with E-state index in [-0.39, 0.29) is 0 Å². The van der Waals surface area contributed by atoms with Crippen molar-refractivity contribution in [3.05, 3.63) is 11.9 Å². The zero-order valence-corrected chi connectivity index (χ0v) is 13.4. The molecule has 1 heterocycles. The third-order valence-electron chi connectivity index (χ3n) is 3.20. The number of hydrogen-bond donors (Lipinski definition) is 1. The third kappa shape index (κ3) is 4.34. The summed E-state index contributed by atoms with van der Waals surface area (Å²) in [5.74, 6) is 1.99. The van der Waals surface area contributed by atoms with E-state index >= 15 is 0 Å². The molecule has 0 aromatic carbocycles. The van der Waals surface area contributed by atoms with Gasteiger partial charge in [-0.1, -0.05) is 13.3 Å². The van der Waals surface area contributed by atoms with Gasteiger partial charge in [0.1, 0.15) is 18.0 Å². The molecule has 1 rings (SSSR count). The highest BCUT2D eigenvalue weighted by Gasteiger charge is 2.18. The first kappa shape index (κ1) is 16.7. The Bertz CT molecular complexity index is 395. The molecule has 0 atom stereocenters. The summed E-state index contributed by atoms with van der Waals surface area (Å²) in [5.41, 5.74) is 1.21. The maximum absolute atomic E-state index is 5.22. The predicted molar refractivity (Wildman–Crippen MR) is 84.5 cm³/mol. The van der Waals surface area contributed by atoms with Gasteiger partial charge < -0.3 is 15.0 Å². The van der Waals surface area contributed by atoms with Gasteiger partial charge in [-0.2, -0.15) is 0 Å². The molecular formula is C15H28N4O. The molecule has 1 N–H and O–H groups in total. The molecule has 0 saturated carbocycles. The normalized spacial score (nSPS) is 10.9. The minimum atomic E-state index is 0.380. The van der Waals surface area contributed by atoms with E-state index in [0.717, 1.165) is 37.6 Å². The Morgan fingerprint density at radius 2 is 2.05 bits per heavy atom. The number of hydrogen-bond acceptors (Lipinski definition) is 5. The summed E-state index contributed by atoms with van der Waals surface area (Å²) < 4.78 is 5.22. The molecule has 0 amide bonds. The van der Waals surface area contributed by atoms with E-state index in [2.05, 4.69) is 47.9 Å². The highest BCUT2D eigenvalue weighted by atomic mass is 16.5. The lowest BCUT2D eigenvalue weighted by Crippen LogP contribution is -2.35. The van der Waals surface area contributed by atoms with Crippen LogP contribution >= 0.6 is 0 Å². The van der Waals surface area contributed by atoms with Crippen LogP contribution in [0.25, 0.3) is 0 Å². The number of ether oxygens (including phenoxy) is 1. The van der Waals surface area contributed by atoms with Gasteiger partial charge in [0.05, 0.1) is 6.61 Å². The Labute approximate surface area is 122 Å². The van der Waals surface area contributed by atoms with Crippen LogP contribution in [0.15, 0.2) is 6.33 Å². The molecule has 114 valence electrons. The van der Waals surface area contributed by atoms with Gasteiger partial charge >= 0.3 is 0 Å². The van der Waals surface area contributed by atoms with Crippen molar-refractivity contribution in [3.8, 4) is 0 Å². The molecule has 0 spiro atoms. The van der Waals surface area contributed by atoms with Crippen molar-refractivity contribution in [1.82, 2.24) is 9.97 Å². The van der Waals surface area contributed by atoms with Crippen molar-refractivity contribution < 1.29 is 4.74 Å². The maximum atomic E-state index is 5.22. The molecule has 0 aliphatic carbocycles. The van der Waals surface area contributed by atoms with Crippen molar-refractivity contribution in [2.45, 2.75) is 46.6 Å². The van der Waals surface area contributed by atoms with Gasteiger partial charge in [-0.15, -0.1) is 0 Å². The average Bonchev–Trinajstić information content (AvgIpc) is 2.42. The predicted octanol–water partition coefficient (Wildman–Crippen LogP) is 2.72. The number of rotatable bonds is 9. The van der Waals surface area contributed by atoms with E-state index in [1.54, 1.807) is 13.4 Å². The molecule has 5 heteroatoms. The van der Waals surface area contributed by atoms with Gasteiger partial charge in [0.15, 0.2) is 0 Å². The maximum Gasteiger partial charge on any atom is 0.137 e. The molecule has 1 aromatic heterocycles. The summed E-state index contributed by atoms with van der Waals surface area (Å²) in [7, 11) is 1.73. The van der Waals surface area contributed by atoms with Crippen molar-refractivity contribution in [3.63, 3.8) is 0 Å². The summed E-state index contributed by atoms with van der Waals surface area (Å²) in [6.07, 6.45) is 3.71. The Kier molecular flexibility index (Phi) is 7.30. The van der Waals surface area contributed by atoms with Crippen molar-refractivity contribution >= 4 is 11.6 Å². The minimum Gasteiger partial charge on any atom is -0.383 e. The van der Waals surface area contributed by atoms with Gasteiger partial charge in [-0.25, -0.2) is 9.97 Å². The quantitative estimate of drug-likeness (QED) is 0.753. The monoisotopic (exact) mass is 280 g/mol. The Morgan fingerprint density at radius 3 is 2.60 bits per heavy atom. The van der Waals surface area contributed by atoms with Crippen LogP contribution in [0, 0.1) is 0 Å². The van der Waals surface area contributed by atoms with Gasteiger partial charge in [-0.05, 0) is 27.2 Å². The van der Waals surface area contributed by atoms with E-state index in [1.807, 2.05) is 0 Å². The summed E-state index contributed by atoms with van der Waals surface area (Å²) >= 11 is 0. The summed E-state index contributed by atoms with van der Waals surface area (Å²) in [6.45, 7) is 11.0. The summed E-state index contributed by atoms with van der Waals surface area (Å²) in [4.78, 5) is 11.2. The molecule has 1 aromatic rings. The lowest BCUT2D eigenvalue weighted by molar-refractivity contribution is 0.203. The Hall–Kier alpha value is -1.36. The van der Waals surface area contributed by atoms with E-state index in [9.17, 15) is 0 Å². The molecule has 0 fully saturated rings. The van der Waals surface area contributed by atoms with Gasteiger partial charge in [-0.3, -0.25) is 0 Å². The fraction of sp³-hybridized carbons (Fsp3) is 0.733. The first-order chi connectivity index (χ1) is 9.65. The molecule has 0 unspecified atom stereocenters. The first-order valence-electron chi connectivity index (χ1n) is 7.48. The van der Waals surface area contributed by atoms with Crippen LogP contribution in [-0.4, -0.2) is 42.8 Å². The standard InChI is InChI=1S/C15H28N4O/c1-6-8-13-14(16-7-2)17-11-18-15(13)19(12(3)4)9-10-20-5/h11-12H,6-10H2,1-5H3,(H,16,17,18). The second-order valence-corrected chi connectivity index (χ2v) is 5.08. The van der Waals surface area contributed by atoms with Crippen LogP contribution in [0.3, 0.4) is 0 Å². The molecule has 5 nitrogen and oxygen atoms in total. The van der Waals surface area contributed by atoms with Crippen molar-refractivity contribution in [2.24, 2.45) is 0 Å². The number of nitrogens with zero attached hydrogens (tertiary/aromatic N) is 3. The lowest BCUT2D eigenvalue weighted by atomic mass is 10.1. The largest absolute Gasteiger partial charge is 0.383 e. The van der Waals surface area contributed by atoms with Crippen LogP contribution in [0.1, 0.15) is 39.7 Å². The fourth-order valence-corrected chi connectivity index (χ4v) is 2.25. The van der Waals surface area contributed by atoms with E-state index in [4.69, 9.17) is 4.74 Å². The van der Waals surface area contributed by atoms with Crippen LogP contribution in [-0.2, 0) is 11.2 Å². The van der Waals surface area contributed by atoms with Crippen LogP contribution in [0.4, 0.5) is 11.6 Å². The molecule has 0 aliphatic heterocycles. The lowest BCUT2D eigenvalue weighted by Gasteiger charge is -2.30. The zero-order valence-electron chi connectivity index (χ0n) is 13.4. The number of nitrogens with one attached hydrogen (secondary N) is 1. The highest BCUT2D eigenvalue weighted by Crippen LogP contribution is 2.26. The second kappa shape index (κ2) is 8.74. The number of methoxy groups -OCH3 is 1. The van der Waals surface area contributed by atoms with E-state index in [1.165, 1.54) is 5.56 Å². The van der Waals surface area contributed by atoms with Gasteiger partial charge in [0.2, 0.25) is 0 Å². The smallest absolute Gasteiger partial charge is 0.137 e. The second-order valence-electron chi connectivity index (χ2n) is 5.08. The molecule has 0 bridgehead atoms. The van der Waals surface area contributed by atoms with Crippen LogP contribution in [0.2, 0.25) is 0 Å². The van der Waals surface area contributed by atoms with Crippen molar-refractivity contribution in [2.75, 3.05) is 37.0 Å². The number of anilines is 2. The van der Waals surface area contributed by atoms with E-state index < -0.39 is 0 Å². The summed E-state index contributed by atoms with van der Waals surface area (Å²) in [5, 5.41) is 3.34. The zero-order chi connectivity index (χ0) is 15.0. The molecule has 20 heavy (non-hydrogen) atoms. The average molecular weight is 280 g/mol. The Morgan fingerprint density at radius 1 is 1.30 bits per heavy atom. The van der Waals surface area contributed by atoms with Gasteiger partial charge in [0, 0.05) is 31.8 Å². The SMILES string of the molecule is CCCc1c(NCC)ncnc1N(CCOC)C(C)C. The van der Waals surface area contributed by atoms with Crippen molar-refractivity contribution in [1.29, 1.82) is 0 Å². The molecular weight excluding hydrogens is 252 g/mol. The minimum absolute atomic E-state index is 0.380. The van der Waals surface area contributed by atoms with Crippen LogP contribution < -0.4 is 10.2 Å². The topological polar surface area (TPSA) is 50.3 Å². The molecule has 0 saturated heterocycles. The Balaban J connectivity index is 3.14. The molecule has 0 aliphatic rings. The van der Waals surface area contributed by atoms with Gasteiger partial charge in [0.25, 0.3) is 0 Å². The number of aromatic nitrogens is 2. The third-order valence-corrected chi connectivity index (χ3v) is 3.20. The molecule has 0 radical (unpaired) electrons. The van der Waals surface area contributed by atoms with E-state index in [0.29, 0.717) is 12.6 Å². The summed E-state index contributed by atoms with van der Waals surface area (Å²) in [6, 6.07) is 0.380. The highest BCUT2D eigenvalue weighted by molar-refractivity contribution is 5.59. The first-order valence-corrected chi connectivity index (χ1v) is 7.48. The fourth-order valence-electron chi connectivity index (χ4n) is 2.25.